The smallest absolute Gasteiger partial charge is 0.220 e. The molecular weight excluding hydrogens is 248 g/mol. The molecule has 20 heavy (non-hydrogen) atoms. The van der Waals surface area contributed by atoms with E-state index >= 15 is 0 Å². The van der Waals surface area contributed by atoms with E-state index < -0.39 is 0 Å². The van der Waals surface area contributed by atoms with Crippen molar-refractivity contribution in [1.82, 2.24) is 5.32 Å². The van der Waals surface area contributed by atoms with Crippen LogP contribution in [-0.4, -0.2) is 18.5 Å². The number of rotatable bonds is 5. The molecular formula is C17H26N2O. The summed E-state index contributed by atoms with van der Waals surface area (Å²) in [4.78, 5) is 12.1. The highest BCUT2D eigenvalue weighted by Gasteiger charge is 2.27. The Labute approximate surface area is 121 Å². The minimum absolute atomic E-state index is 0.0469. The van der Waals surface area contributed by atoms with Gasteiger partial charge < -0.3 is 11.1 Å². The van der Waals surface area contributed by atoms with Gasteiger partial charge in [0.05, 0.1) is 0 Å². The first-order chi connectivity index (χ1) is 9.49. The third-order valence-electron chi connectivity index (χ3n) is 4.45. The van der Waals surface area contributed by atoms with Crippen LogP contribution in [0.2, 0.25) is 0 Å². The first-order valence-corrected chi connectivity index (χ1v) is 7.57. The Hall–Kier alpha value is -1.35. The highest BCUT2D eigenvalue weighted by Crippen LogP contribution is 2.27. The monoisotopic (exact) mass is 274 g/mol. The Morgan fingerprint density at radius 3 is 2.60 bits per heavy atom. The zero-order valence-corrected chi connectivity index (χ0v) is 12.6. The third-order valence-corrected chi connectivity index (χ3v) is 4.45. The maximum Gasteiger partial charge on any atom is 0.220 e. The molecule has 110 valence electrons. The van der Waals surface area contributed by atoms with Gasteiger partial charge in [-0.2, -0.15) is 0 Å². The number of carbonyl (C=O) groups excluding carboxylic acids is 1. The van der Waals surface area contributed by atoms with Crippen molar-refractivity contribution in [3.8, 4) is 0 Å². The Morgan fingerprint density at radius 2 is 2.00 bits per heavy atom. The van der Waals surface area contributed by atoms with Gasteiger partial charge in [0.25, 0.3) is 0 Å². The molecule has 0 saturated heterocycles. The minimum atomic E-state index is -0.0469. The largest absolute Gasteiger partial charge is 0.355 e. The molecule has 0 radical (unpaired) electrons. The van der Waals surface area contributed by atoms with Crippen molar-refractivity contribution in [3.63, 3.8) is 0 Å². The summed E-state index contributed by atoms with van der Waals surface area (Å²) in [6.45, 7) is 4.98. The molecule has 0 spiro atoms. The molecule has 1 aliphatic rings. The van der Waals surface area contributed by atoms with Gasteiger partial charge in [-0.15, -0.1) is 0 Å². The zero-order valence-electron chi connectivity index (χ0n) is 12.6. The fourth-order valence-corrected chi connectivity index (χ4v) is 2.94. The van der Waals surface area contributed by atoms with Crippen LogP contribution in [-0.2, 0) is 10.2 Å². The van der Waals surface area contributed by atoms with Gasteiger partial charge in [0.15, 0.2) is 0 Å². The van der Waals surface area contributed by atoms with Crippen LogP contribution < -0.4 is 11.1 Å². The van der Waals surface area contributed by atoms with Crippen LogP contribution in [0.1, 0.15) is 45.1 Å². The van der Waals surface area contributed by atoms with Gasteiger partial charge in [-0.3, -0.25) is 4.79 Å². The number of nitrogens with two attached hydrogens (primary N) is 1. The van der Waals surface area contributed by atoms with Crippen LogP contribution in [0.15, 0.2) is 30.3 Å². The van der Waals surface area contributed by atoms with Gasteiger partial charge in [0, 0.05) is 24.4 Å². The molecule has 1 fully saturated rings. The molecule has 0 bridgehead atoms. The molecule has 0 aromatic heterocycles. The van der Waals surface area contributed by atoms with Gasteiger partial charge in [0.1, 0.15) is 0 Å². The van der Waals surface area contributed by atoms with Crippen molar-refractivity contribution in [2.45, 2.75) is 51.0 Å². The molecule has 0 unspecified atom stereocenters. The van der Waals surface area contributed by atoms with Crippen molar-refractivity contribution in [3.05, 3.63) is 35.9 Å². The predicted molar refractivity (Wildman–Crippen MR) is 82.4 cm³/mol. The van der Waals surface area contributed by atoms with Crippen LogP contribution >= 0.6 is 0 Å². The van der Waals surface area contributed by atoms with E-state index in [1.165, 1.54) is 5.56 Å². The quantitative estimate of drug-likeness (QED) is 0.867. The lowest BCUT2D eigenvalue weighted by Gasteiger charge is -2.26. The first kappa shape index (κ1) is 15.0. The van der Waals surface area contributed by atoms with Gasteiger partial charge in [-0.05, 0) is 24.3 Å². The van der Waals surface area contributed by atoms with Crippen molar-refractivity contribution in [2.24, 2.45) is 11.7 Å². The van der Waals surface area contributed by atoms with E-state index in [0.29, 0.717) is 18.9 Å². The van der Waals surface area contributed by atoms with Crippen molar-refractivity contribution in [2.75, 3.05) is 6.54 Å². The number of hydrogen-bond acceptors (Lipinski definition) is 2. The molecule has 3 N–H and O–H groups in total. The minimum Gasteiger partial charge on any atom is -0.355 e. The lowest BCUT2D eigenvalue weighted by Crippen LogP contribution is -2.38. The van der Waals surface area contributed by atoms with Crippen LogP contribution in [0.25, 0.3) is 0 Å². The number of amides is 1. The van der Waals surface area contributed by atoms with E-state index in [1.54, 1.807) is 0 Å². The van der Waals surface area contributed by atoms with Gasteiger partial charge in [-0.1, -0.05) is 50.6 Å². The molecule has 3 nitrogen and oxygen atoms in total. The summed E-state index contributed by atoms with van der Waals surface area (Å²) in [6, 6.07) is 10.5. The molecule has 1 saturated carbocycles. The summed E-state index contributed by atoms with van der Waals surface area (Å²) >= 11 is 0. The van der Waals surface area contributed by atoms with Crippen LogP contribution in [0.3, 0.4) is 0 Å². The molecule has 3 heteroatoms. The van der Waals surface area contributed by atoms with Gasteiger partial charge in [0.2, 0.25) is 5.91 Å². The maximum absolute atomic E-state index is 12.1. The second-order valence-electron chi connectivity index (χ2n) is 6.59. The van der Waals surface area contributed by atoms with Crippen LogP contribution in [0, 0.1) is 5.92 Å². The maximum atomic E-state index is 12.1. The molecule has 1 aromatic carbocycles. The van der Waals surface area contributed by atoms with E-state index in [4.69, 9.17) is 5.73 Å². The molecule has 1 aromatic rings. The van der Waals surface area contributed by atoms with E-state index in [0.717, 1.165) is 19.3 Å². The molecule has 1 aliphatic carbocycles. The lowest BCUT2D eigenvalue weighted by atomic mass is 9.84. The van der Waals surface area contributed by atoms with E-state index in [9.17, 15) is 4.79 Å². The second kappa shape index (κ2) is 6.40. The Kier molecular flexibility index (Phi) is 4.81. The number of hydrogen-bond donors (Lipinski definition) is 2. The zero-order chi connectivity index (χ0) is 14.6. The van der Waals surface area contributed by atoms with Crippen LogP contribution in [0.4, 0.5) is 0 Å². The molecule has 2 atom stereocenters. The summed E-state index contributed by atoms with van der Waals surface area (Å²) in [5, 5.41) is 3.07. The summed E-state index contributed by atoms with van der Waals surface area (Å²) in [7, 11) is 0. The topological polar surface area (TPSA) is 55.1 Å². The second-order valence-corrected chi connectivity index (χ2v) is 6.59. The fourth-order valence-electron chi connectivity index (χ4n) is 2.94. The fraction of sp³-hybridized carbons (Fsp3) is 0.588. The summed E-state index contributed by atoms with van der Waals surface area (Å²) < 4.78 is 0. The molecule has 0 heterocycles. The highest BCUT2D eigenvalue weighted by molar-refractivity contribution is 5.76. The van der Waals surface area contributed by atoms with Crippen molar-refractivity contribution >= 4 is 5.91 Å². The van der Waals surface area contributed by atoms with Gasteiger partial charge in [-0.25, -0.2) is 0 Å². The predicted octanol–water partition coefficient (Wildman–Crippen LogP) is 2.60. The Morgan fingerprint density at radius 1 is 1.30 bits per heavy atom. The lowest BCUT2D eigenvalue weighted by molar-refractivity contribution is -0.122. The summed E-state index contributed by atoms with van der Waals surface area (Å²) in [5.74, 6) is 0.506. The van der Waals surface area contributed by atoms with Crippen LogP contribution in [0.5, 0.6) is 0 Å². The number of carbonyl (C=O) groups is 1. The third kappa shape index (κ3) is 3.83. The number of nitrogens with one attached hydrogen (secondary N) is 1. The normalized spacial score (nSPS) is 22.8. The van der Waals surface area contributed by atoms with Gasteiger partial charge >= 0.3 is 0 Å². The Bertz CT molecular complexity index is 442. The average molecular weight is 274 g/mol. The van der Waals surface area contributed by atoms with E-state index in [2.05, 4.69) is 31.3 Å². The number of benzene rings is 1. The average Bonchev–Trinajstić information content (AvgIpc) is 2.83. The standard InChI is InChI=1S/C17H26N2O/c1-17(2,14-8-4-3-5-9-14)12-19-16(20)11-13-7-6-10-15(13)18/h3-5,8-9,13,15H,6-7,10-12,18H2,1-2H3,(H,19,20)/t13-,15+/m0/s1. The van der Waals surface area contributed by atoms with Crippen molar-refractivity contribution in [1.29, 1.82) is 0 Å². The summed E-state index contributed by atoms with van der Waals surface area (Å²) in [5.41, 5.74) is 7.22. The highest BCUT2D eigenvalue weighted by atomic mass is 16.1. The Balaban J connectivity index is 1.83. The summed E-state index contributed by atoms with van der Waals surface area (Å²) in [6.07, 6.45) is 3.89. The van der Waals surface area contributed by atoms with E-state index in [-0.39, 0.29) is 17.4 Å². The van der Waals surface area contributed by atoms with E-state index in [1.807, 2.05) is 18.2 Å². The SMILES string of the molecule is CC(C)(CNC(=O)C[C@@H]1CCC[C@H]1N)c1ccccc1. The molecule has 0 aliphatic heterocycles. The van der Waals surface area contributed by atoms with Crippen molar-refractivity contribution < 1.29 is 4.79 Å². The molecule has 1 amide bonds. The molecule has 2 rings (SSSR count). The first-order valence-electron chi connectivity index (χ1n) is 7.57.